The molecule has 1 heterocycles. The zero-order chi connectivity index (χ0) is 18.9. The lowest BCUT2D eigenvalue weighted by molar-refractivity contribution is -0.118. The summed E-state index contributed by atoms with van der Waals surface area (Å²) in [5.74, 6) is 1.20. The topological polar surface area (TPSA) is 76.1 Å². The quantitative estimate of drug-likeness (QED) is 0.477. The zero-order valence-electron chi connectivity index (χ0n) is 15.4. The van der Waals surface area contributed by atoms with Gasteiger partial charge in [-0.3, -0.25) is 4.79 Å². The van der Waals surface area contributed by atoms with E-state index in [0.29, 0.717) is 17.4 Å². The number of methoxy groups -OCH3 is 1. The number of aromatic nitrogens is 2. The molecule has 1 aliphatic rings. The molecule has 1 aromatic heterocycles. The number of nitrogens with zero attached hydrogens (tertiary/aromatic N) is 2. The highest BCUT2D eigenvalue weighted by Crippen LogP contribution is 2.28. The molecule has 1 amide bonds. The molecular weight excluding hydrogens is 380 g/mol. The fraction of sp³-hybridized carbons (Fsp3) is 0.421. The van der Waals surface area contributed by atoms with Crippen molar-refractivity contribution in [2.45, 2.75) is 36.4 Å². The Morgan fingerprint density at radius 2 is 2.11 bits per heavy atom. The summed E-state index contributed by atoms with van der Waals surface area (Å²) in [5.41, 5.74) is 2.39. The van der Waals surface area contributed by atoms with Crippen molar-refractivity contribution in [1.29, 1.82) is 0 Å². The molecule has 0 saturated heterocycles. The van der Waals surface area contributed by atoms with E-state index < -0.39 is 0 Å². The minimum absolute atomic E-state index is 0.0382. The number of benzene rings is 1. The second kappa shape index (κ2) is 10.3. The predicted molar refractivity (Wildman–Crippen MR) is 111 cm³/mol. The van der Waals surface area contributed by atoms with E-state index in [0.717, 1.165) is 22.2 Å². The Bertz CT molecular complexity index is 774. The number of hydrogen-bond acceptors (Lipinski definition) is 7. The summed E-state index contributed by atoms with van der Waals surface area (Å²) in [6, 6.07) is 7.60. The highest BCUT2D eigenvalue weighted by atomic mass is 32.2. The van der Waals surface area contributed by atoms with Crippen LogP contribution in [0.15, 0.2) is 40.3 Å². The number of ether oxygens (including phenoxy) is 1. The third kappa shape index (κ3) is 6.55. The van der Waals surface area contributed by atoms with Gasteiger partial charge in [-0.15, -0.1) is 10.2 Å². The van der Waals surface area contributed by atoms with Crippen LogP contribution in [0.25, 0.3) is 0 Å². The molecule has 0 saturated carbocycles. The first-order valence-corrected chi connectivity index (χ1v) is 10.8. The maximum atomic E-state index is 12.0. The fourth-order valence-electron chi connectivity index (χ4n) is 2.79. The lowest BCUT2D eigenvalue weighted by Gasteiger charge is -2.12. The van der Waals surface area contributed by atoms with Crippen molar-refractivity contribution in [3.63, 3.8) is 0 Å². The molecule has 1 aromatic carbocycles. The van der Waals surface area contributed by atoms with Gasteiger partial charge in [0.1, 0.15) is 5.75 Å². The van der Waals surface area contributed by atoms with Crippen LogP contribution >= 0.6 is 23.1 Å². The average Bonchev–Trinajstić information content (AvgIpc) is 3.15. The Morgan fingerprint density at radius 3 is 2.85 bits per heavy atom. The van der Waals surface area contributed by atoms with E-state index >= 15 is 0 Å². The van der Waals surface area contributed by atoms with Gasteiger partial charge >= 0.3 is 0 Å². The van der Waals surface area contributed by atoms with Crippen LogP contribution in [0.3, 0.4) is 0 Å². The summed E-state index contributed by atoms with van der Waals surface area (Å²) in [6.07, 6.45) is 8.22. The zero-order valence-corrected chi connectivity index (χ0v) is 17.0. The standard InChI is InChI=1S/C19H24N4O2S2/c1-25-16-9-7-15(8-10-16)21-18-22-23-19(27-18)26-13-17(24)20-12-11-14-5-3-2-4-6-14/h5,7-10H,2-4,6,11-13H2,1H3,(H,20,24)(H,21,22). The molecule has 1 aliphatic carbocycles. The Morgan fingerprint density at radius 1 is 1.26 bits per heavy atom. The number of thioether (sulfide) groups is 1. The van der Waals surface area contributed by atoms with Crippen molar-refractivity contribution in [1.82, 2.24) is 15.5 Å². The first kappa shape index (κ1) is 19.7. The predicted octanol–water partition coefficient (Wildman–Crippen LogP) is 4.39. The summed E-state index contributed by atoms with van der Waals surface area (Å²) in [5, 5.41) is 15.1. The van der Waals surface area contributed by atoms with Gasteiger partial charge in [-0.05, 0) is 56.4 Å². The molecule has 2 N–H and O–H groups in total. The maximum Gasteiger partial charge on any atom is 0.230 e. The maximum absolute atomic E-state index is 12.0. The van der Waals surface area contributed by atoms with Crippen LogP contribution in [-0.4, -0.2) is 35.5 Å². The molecule has 2 aromatic rings. The van der Waals surface area contributed by atoms with Crippen molar-refractivity contribution >= 4 is 39.8 Å². The van der Waals surface area contributed by atoms with Crippen molar-refractivity contribution in [3.05, 3.63) is 35.9 Å². The highest BCUT2D eigenvalue weighted by Gasteiger charge is 2.09. The van der Waals surface area contributed by atoms with Crippen molar-refractivity contribution in [3.8, 4) is 5.75 Å². The van der Waals surface area contributed by atoms with E-state index in [2.05, 4.69) is 26.9 Å². The highest BCUT2D eigenvalue weighted by molar-refractivity contribution is 8.01. The van der Waals surface area contributed by atoms with Crippen molar-refractivity contribution in [2.75, 3.05) is 24.7 Å². The first-order chi connectivity index (χ1) is 13.2. The lowest BCUT2D eigenvalue weighted by atomic mass is 9.97. The second-order valence-corrected chi connectivity index (χ2v) is 8.42. The summed E-state index contributed by atoms with van der Waals surface area (Å²) >= 11 is 2.85. The molecule has 0 fully saturated rings. The van der Waals surface area contributed by atoms with Gasteiger partial charge in [-0.1, -0.05) is 34.7 Å². The van der Waals surface area contributed by atoms with Crippen LogP contribution < -0.4 is 15.4 Å². The van der Waals surface area contributed by atoms with Gasteiger partial charge < -0.3 is 15.4 Å². The third-order valence-electron chi connectivity index (χ3n) is 4.23. The van der Waals surface area contributed by atoms with Gasteiger partial charge in [0, 0.05) is 12.2 Å². The summed E-state index contributed by atoms with van der Waals surface area (Å²) in [7, 11) is 1.64. The SMILES string of the molecule is COc1ccc(Nc2nnc(SCC(=O)NCCC3=CCCCC3)s2)cc1. The van der Waals surface area contributed by atoms with Gasteiger partial charge in [-0.25, -0.2) is 0 Å². The van der Waals surface area contributed by atoms with Crippen LogP contribution in [0, 0.1) is 0 Å². The molecule has 0 spiro atoms. The van der Waals surface area contributed by atoms with Crippen LogP contribution in [0.2, 0.25) is 0 Å². The number of carbonyl (C=O) groups is 1. The molecular formula is C19H24N4O2S2. The van der Waals surface area contributed by atoms with Crippen molar-refractivity contribution < 1.29 is 9.53 Å². The minimum atomic E-state index is 0.0382. The molecule has 3 rings (SSSR count). The minimum Gasteiger partial charge on any atom is -0.497 e. The Labute approximate surface area is 167 Å². The monoisotopic (exact) mass is 404 g/mol. The molecule has 0 unspecified atom stereocenters. The van der Waals surface area contributed by atoms with Crippen LogP contribution in [0.1, 0.15) is 32.1 Å². The van der Waals surface area contributed by atoms with Crippen LogP contribution in [0.4, 0.5) is 10.8 Å². The van der Waals surface area contributed by atoms with E-state index in [1.165, 1.54) is 54.4 Å². The largest absolute Gasteiger partial charge is 0.497 e. The molecule has 0 aliphatic heterocycles. The van der Waals surface area contributed by atoms with Crippen LogP contribution in [-0.2, 0) is 4.79 Å². The van der Waals surface area contributed by atoms with Gasteiger partial charge in [0.15, 0.2) is 4.34 Å². The number of nitrogens with one attached hydrogen (secondary N) is 2. The molecule has 0 atom stereocenters. The number of anilines is 2. The molecule has 27 heavy (non-hydrogen) atoms. The van der Waals surface area contributed by atoms with Crippen molar-refractivity contribution in [2.24, 2.45) is 0 Å². The number of rotatable bonds is 9. The first-order valence-electron chi connectivity index (χ1n) is 9.05. The molecule has 0 bridgehead atoms. The normalized spacial score (nSPS) is 13.7. The number of carbonyl (C=O) groups excluding carboxylic acids is 1. The second-order valence-electron chi connectivity index (χ2n) is 6.22. The van der Waals surface area contributed by atoms with E-state index in [1.54, 1.807) is 7.11 Å². The number of allylic oxidation sites excluding steroid dienone is 1. The Kier molecular flexibility index (Phi) is 7.53. The van der Waals surface area contributed by atoms with E-state index in [4.69, 9.17) is 4.74 Å². The number of hydrogen-bond donors (Lipinski definition) is 2. The van der Waals surface area contributed by atoms with E-state index in [1.807, 2.05) is 24.3 Å². The molecule has 144 valence electrons. The fourth-order valence-corrected chi connectivity index (χ4v) is 4.39. The van der Waals surface area contributed by atoms with E-state index in [9.17, 15) is 4.79 Å². The van der Waals surface area contributed by atoms with Gasteiger partial charge in [-0.2, -0.15) is 0 Å². The van der Waals surface area contributed by atoms with Crippen LogP contribution in [0.5, 0.6) is 5.75 Å². The third-order valence-corrected chi connectivity index (χ3v) is 6.20. The Hall–Kier alpha value is -2.06. The van der Waals surface area contributed by atoms with Gasteiger partial charge in [0.05, 0.1) is 12.9 Å². The lowest BCUT2D eigenvalue weighted by Crippen LogP contribution is -2.26. The summed E-state index contributed by atoms with van der Waals surface area (Å²) < 4.78 is 5.92. The number of amides is 1. The van der Waals surface area contributed by atoms with Gasteiger partial charge in [0.2, 0.25) is 11.0 Å². The molecule has 0 radical (unpaired) electrons. The average molecular weight is 405 g/mol. The summed E-state index contributed by atoms with van der Waals surface area (Å²) in [4.78, 5) is 12.0. The van der Waals surface area contributed by atoms with E-state index in [-0.39, 0.29) is 5.91 Å². The van der Waals surface area contributed by atoms with Gasteiger partial charge in [0.25, 0.3) is 0 Å². The molecule has 8 heteroatoms. The summed E-state index contributed by atoms with van der Waals surface area (Å²) in [6.45, 7) is 0.714. The Balaban J connectivity index is 1.38. The smallest absolute Gasteiger partial charge is 0.230 e. The molecule has 6 nitrogen and oxygen atoms in total.